The number of fused-ring (bicyclic) bond motifs is 1. The molecule has 1 aliphatic heterocycles. The fourth-order valence-corrected chi connectivity index (χ4v) is 4.62. The lowest BCUT2D eigenvalue weighted by molar-refractivity contribution is -0.116. The van der Waals surface area contributed by atoms with Gasteiger partial charge in [0.15, 0.2) is 0 Å². The number of amides is 1. The van der Waals surface area contributed by atoms with Crippen molar-refractivity contribution in [1.82, 2.24) is 4.31 Å². The zero-order chi connectivity index (χ0) is 20.1. The van der Waals surface area contributed by atoms with Crippen molar-refractivity contribution in [2.45, 2.75) is 31.1 Å². The van der Waals surface area contributed by atoms with E-state index in [1.54, 1.807) is 30.1 Å². The normalized spacial score (nSPS) is 14.0. The Hall–Kier alpha value is -2.38. The van der Waals surface area contributed by atoms with Crippen molar-refractivity contribution >= 4 is 21.6 Å². The first-order valence-corrected chi connectivity index (χ1v) is 10.9. The van der Waals surface area contributed by atoms with E-state index < -0.39 is 10.0 Å². The Bertz CT molecular complexity index is 929. The first-order chi connectivity index (χ1) is 13.4. The van der Waals surface area contributed by atoms with Crippen LogP contribution in [0, 0.1) is 0 Å². The third kappa shape index (κ3) is 4.54. The van der Waals surface area contributed by atoms with E-state index in [9.17, 15) is 13.2 Å². The maximum atomic E-state index is 12.9. The van der Waals surface area contributed by atoms with Crippen molar-refractivity contribution in [1.29, 1.82) is 0 Å². The van der Waals surface area contributed by atoms with Crippen LogP contribution in [0.25, 0.3) is 0 Å². The lowest BCUT2D eigenvalue weighted by Gasteiger charge is -2.29. The maximum Gasteiger partial charge on any atom is 0.242 e. The van der Waals surface area contributed by atoms with Crippen molar-refractivity contribution in [2.24, 2.45) is 0 Å². The molecule has 7 heteroatoms. The van der Waals surface area contributed by atoms with Crippen molar-refractivity contribution < 1.29 is 17.9 Å². The summed E-state index contributed by atoms with van der Waals surface area (Å²) in [5.41, 5.74) is 1.72. The second-order valence-electron chi connectivity index (χ2n) is 6.91. The van der Waals surface area contributed by atoms with Gasteiger partial charge in [0.25, 0.3) is 0 Å². The second kappa shape index (κ2) is 8.75. The molecule has 1 amide bonds. The summed E-state index contributed by atoms with van der Waals surface area (Å²) in [6.45, 7) is 3.02. The Kier molecular flexibility index (Phi) is 6.36. The standard InChI is InChI=1S/C21H26N2O4S/c1-17(24)23-14-6-8-18-16-20(11-12-21(18)23)28(25,26)22(2)13-7-15-27-19-9-4-3-5-10-19/h3-5,9-12,16H,6-8,13-15H2,1-2H3. The monoisotopic (exact) mass is 402 g/mol. The molecule has 0 saturated heterocycles. The summed E-state index contributed by atoms with van der Waals surface area (Å²) >= 11 is 0. The quantitative estimate of drug-likeness (QED) is 0.668. The molecule has 6 nitrogen and oxygen atoms in total. The van der Waals surface area contributed by atoms with Crippen LogP contribution in [0.5, 0.6) is 5.75 Å². The number of hydrogen-bond acceptors (Lipinski definition) is 4. The lowest BCUT2D eigenvalue weighted by atomic mass is 10.0. The Labute approximate surface area is 166 Å². The van der Waals surface area contributed by atoms with Crippen LogP contribution in [0.3, 0.4) is 0 Å². The number of carbonyl (C=O) groups is 1. The van der Waals surface area contributed by atoms with Crippen LogP contribution in [0.4, 0.5) is 5.69 Å². The Morgan fingerprint density at radius 2 is 1.93 bits per heavy atom. The van der Waals surface area contributed by atoms with Gasteiger partial charge in [-0.15, -0.1) is 0 Å². The average Bonchev–Trinajstić information content (AvgIpc) is 2.70. The van der Waals surface area contributed by atoms with E-state index in [1.165, 1.54) is 11.2 Å². The lowest BCUT2D eigenvalue weighted by Crippen LogP contribution is -2.34. The molecule has 0 saturated carbocycles. The zero-order valence-electron chi connectivity index (χ0n) is 16.3. The number of para-hydroxylation sites is 1. The number of aryl methyl sites for hydroxylation is 1. The van der Waals surface area contributed by atoms with Crippen molar-refractivity contribution in [3.63, 3.8) is 0 Å². The molecule has 1 aliphatic rings. The van der Waals surface area contributed by atoms with E-state index in [2.05, 4.69) is 0 Å². The SMILES string of the molecule is CC(=O)N1CCCc2cc(S(=O)(=O)N(C)CCCOc3ccccc3)ccc21. The zero-order valence-corrected chi connectivity index (χ0v) is 17.1. The molecule has 2 aromatic carbocycles. The van der Waals surface area contributed by atoms with Crippen LogP contribution < -0.4 is 9.64 Å². The largest absolute Gasteiger partial charge is 0.494 e. The van der Waals surface area contributed by atoms with Gasteiger partial charge in [-0.3, -0.25) is 4.79 Å². The molecule has 0 aromatic heterocycles. The van der Waals surface area contributed by atoms with Gasteiger partial charge in [-0.1, -0.05) is 18.2 Å². The predicted octanol–water partition coefficient (Wildman–Crippen LogP) is 3.08. The summed E-state index contributed by atoms with van der Waals surface area (Å²) in [6, 6.07) is 14.5. The third-order valence-electron chi connectivity index (χ3n) is 4.89. The number of rotatable bonds is 7. The van der Waals surface area contributed by atoms with Crippen LogP contribution >= 0.6 is 0 Å². The Morgan fingerprint density at radius 1 is 1.18 bits per heavy atom. The molecule has 0 radical (unpaired) electrons. The molecule has 0 N–H and O–H groups in total. The predicted molar refractivity (Wildman–Crippen MR) is 109 cm³/mol. The van der Waals surface area contributed by atoms with Crippen molar-refractivity contribution in [3.05, 3.63) is 54.1 Å². The minimum atomic E-state index is -3.58. The minimum absolute atomic E-state index is 0.0212. The summed E-state index contributed by atoms with van der Waals surface area (Å²) < 4.78 is 32.8. The van der Waals surface area contributed by atoms with Gasteiger partial charge in [-0.2, -0.15) is 0 Å². The highest BCUT2D eigenvalue weighted by molar-refractivity contribution is 7.89. The molecule has 0 atom stereocenters. The molecular weight excluding hydrogens is 376 g/mol. The molecule has 0 spiro atoms. The van der Waals surface area contributed by atoms with E-state index in [4.69, 9.17) is 4.74 Å². The minimum Gasteiger partial charge on any atom is -0.494 e. The first-order valence-electron chi connectivity index (χ1n) is 9.45. The molecule has 0 aliphatic carbocycles. The van der Waals surface area contributed by atoms with Gasteiger partial charge in [0, 0.05) is 32.7 Å². The van der Waals surface area contributed by atoms with E-state index in [1.807, 2.05) is 30.3 Å². The van der Waals surface area contributed by atoms with Crippen molar-refractivity contribution in [2.75, 3.05) is 31.6 Å². The molecule has 3 rings (SSSR count). The fourth-order valence-electron chi connectivity index (χ4n) is 3.36. The van der Waals surface area contributed by atoms with Gasteiger partial charge < -0.3 is 9.64 Å². The van der Waals surface area contributed by atoms with Crippen LogP contribution in [0.2, 0.25) is 0 Å². The van der Waals surface area contributed by atoms with Crippen LogP contribution in [0.15, 0.2) is 53.4 Å². The molecule has 28 heavy (non-hydrogen) atoms. The third-order valence-corrected chi connectivity index (χ3v) is 6.74. The molecule has 2 aromatic rings. The molecule has 1 heterocycles. The topological polar surface area (TPSA) is 66.9 Å². The highest BCUT2D eigenvalue weighted by Crippen LogP contribution is 2.30. The number of benzene rings is 2. The summed E-state index contributed by atoms with van der Waals surface area (Å²) in [5.74, 6) is 0.754. The van der Waals surface area contributed by atoms with Gasteiger partial charge in [-0.05, 0) is 55.2 Å². The molecule has 0 bridgehead atoms. The molecule has 0 unspecified atom stereocenters. The van der Waals surface area contributed by atoms with Crippen molar-refractivity contribution in [3.8, 4) is 5.75 Å². The molecule has 0 fully saturated rings. The highest BCUT2D eigenvalue weighted by atomic mass is 32.2. The fraction of sp³-hybridized carbons (Fsp3) is 0.381. The summed E-state index contributed by atoms with van der Waals surface area (Å²) in [7, 11) is -2.00. The average molecular weight is 403 g/mol. The van der Waals surface area contributed by atoms with E-state index >= 15 is 0 Å². The number of carbonyl (C=O) groups excluding carboxylic acids is 1. The first kappa shape index (κ1) is 20.4. The van der Waals surface area contributed by atoms with Gasteiger partial charge in [-0.25, -0.2) is 12.7 Å². The highest BCUT2D eigenvalue weighted by Gasteiger charge is 2.25. The van der Waals surface area contributed by atoms with E-state index in [-0.39, 0.29) is 10.8 Å². The maximum absolute atomic E-state index is 12.9. The Morgan fingerprint density at radius 3 is 2.64 bits per heavy atom. The van der Waals surface area contributed by atoms with Gasteiger partial charge >= 0.3 is 0 Å². The van der Waals surface area contributed by atoms with Crippen LogP contribution in [0.1, 0.15) is 25.3 Å². The van der Waals surface area contributed by atoms with Crippen LogP contribution in [-0.4, -0.2) is 45.4 Å². The van der Waals surface area contributed by atoms with Crippen LogP contribution in [-0.2, 0) is 21.2 Å². The van der Waals surface area contributed by atoms with Gasteiger partial charge in [0.05, 0.1) is 11.5 Å². The van der Waals surface area contributed by atoms with E-state index in [0.29, 0.717) is 26.1 Å². The summed E-state index contributed by atoms with van der Waals surface area (Å²) in [6.07, 6.45) is 2.20. The summed E-state index contributed by atoms with van der Waals surface area (Å²) in [5, 5.41) is 0. The van der Waals surface area contributed by atoms with E-state index in [0.717, 1.165) is 29.8 Å². The second-order valence-corrected chi connectivity index (χ2v) is 8.95. The van der Waals surface area contributed by atoms with Gasteiger partial charge in [0.1, 0.15) is 5.75 Å². The molecular formula is C21H26N2O4S. The number of nitrogens with zero attached hydrogens (tertiary/aromatic N) is 2. The number of hydrogen-bond donors (Lipinski definition) is 0. The Balaban J connectivity index is 1.64. The number of ether oxygens (including phenoxy) is 1. The summed E-state index contributed by atoms with van der Waals surface area (Å²) in [4.78, 5) is 13.8. The smallest absolute Gasteiger partial charge is 0.242 e. The number of anilines is 1. The van der Waals surface area contributed by atoms with Gasteiger partial charge in [0.2, 0.25) is 15.9 Å². The molecule has 150 valence electrons. The number of sulfonamides is 1.